The number of benzene rings is 1. The van der Waals surface area contributed by atoms with Crippen LogP contribution in [0.2, 0.25) is 0 Å². The third-order valence-corrected chi connectivity index (χ3v) is 8.31. The second-order valence-electron chi connectivity index (χ2n) is 10.3. The summed E-state index contributed by atoms with van der Waals surface area (Å²) in [5, 5.41) is 8.55. The van der Waals surface area contributed by atoms with Gasteiger partial charge in [0.05, 0.1) is 12.0 Å². The Labute approximate surface area is 193 Å². The van der Waals surface area contributed by atoms with E-state index in [0.29, 0.717) is 5.95 Å². The fourth-order valence-corrected chi connectivity index (χ4v) is 6.27. The fraction of sp³-hybridized carbons (Fsp3) is 0.560. The molecular weight excluding hydrogens is 422 g/mol. The molecule has 0 amide bonds. The number of halogens is 2. The van der Waals surface area contributed by atoms with E-state index in [0.717, 1.165) is 81.4 Å². The largest absolute Gasteiger partial charge is 0.347 e. The fourth-order valence-electron chi connectivity index (χ4n) is 6.27. The summed E-state index contributed by atoms with van der Waals surface area (Å²) in [5.74, 6) is -0.162. The van der Waals surface area contributed by atoms with Crippen LogP contribution in [-0.2, 0) is 12.1 Å². The summed E-state index contributed by atoms with van der Waals surface area (Å²) in [4.78, 5) is 9.37. The van der Waals surface area contributed by atoms with Gasteiger partial charge in [0.2, 0.25) is 5.95 Å². The number of rotatable bonds is 4. The molecule has 1 atom stereocenters. The first-order valence-corrected chi connectivity index (χ1v) is 12.1. The van der Waals surface area contributed by atoms with Gasteiger partial charge in [-0.05, 0) is 76.0 Å². The van der Waals surface area contributed by atoms with Gasteiger partial charge >= 0.3 is 0 Å². The molecule has 3 aromatic rings. The van der Waals surface area contributed by atoms with E-state index in [1.165, 1.54) is 12.1 Å². The Morgan fingerprint density at radius 1 is 1.06 bits per heavy atom. The maximum atomic E-state index is 13.9. The molecule has 1 aromatic carbocycles. The molecule has 2 bridgehead atoms. The van der Waals surface area contributed by atoms with E-state index in [9.17, 15) is 8.78 Å². The van der Waals surface area contributed by atoms with Crippen LogP contribution < -0.4 is 5.32 Å². The zero-order valence-corrected chi connectivity index (χ0v) is 19.0. The van der Waals surface area contributed by atoms with Gasteiger partial charge in [-0.25, -0.2) is 18.4 Å². The molecule has 3 aliphatic carbocycles. The minimum absolute atomic E-state index is 0. The number of nitrogens with zero attached hydrogens (tertiary/aromatic N) is 5. The van der Waals surface area contributed by atoms with Gasteiger partial charge in [-0.3, -0.25) is 0 Å². The summed E-state index contributed by atoms with van der Waals surface area (Å²) in [7, 11) is 0. The van der Waals surface area contributed by atoms with E-state index in [1.807, 2.05) is 17.9 Å². The van der Waals surface area contributed by atoms with Crippen LogP contribution in [0.3, 0.4) is 0 Å². The standard InChI is InChI=1S/C25H30F2N6.H2/c1-17-15-32(16-28-17)25-10-7-24(8-11-25,9-12-25)30-23-29-22-19(4-2-3-13-33(22)31-23)18-5-6-20(26)21(27)14-18;/h5-6,14-16,19H,2-4,7-13H2,1H3,(H,30,31);1H/t19-,24?,25?;/m0./s1. The van der Waals surface area contributed by atoms with Crippen molar-refractivity contribution >= 4 is 5.95 Å². The number of anilines is 1. The maximum Gasteiger partial charge on any atom is 0.242 e. The zero-order chi connectivity index (χ0) is 22.6. The number of aryl methyl sites for hydroxylation is 2. The molecule has 33 heavy (non-hydrogen) atoms. The van der Waals surface area contributed by atoms with Gasteiger partial charge in [0.25, 0.3) is 0 Å². The Bertz CT molecular complexity index is 1160. The lowest BCUT2D eigenvalue weighted by atomic mass is 9.61. The molecule has 3 fully saturated rings. The number of fused-ring (bicyclic) bond motifs is 4. The van der Waals surface area contributed by atoms with E-state index >= 15 is 0 Å². The first kappa shape index (κ1) is 20.8. The third-order valence-electron chi connectivity index (χ3n) is 8.31. The molecule has 1 N–H and O–H groups in total. The van der Waals surface area contributed by atoms with Gasteiger partial charge in [0.1, 0.15) is 5.82 Å². The molecule has 6 nitrogen and oxygen atoms in total. The van der Waals surface area contributed by atoms with Gasteiger partial charge in [-0.2, -0.15) is 4.98 Å². The van der Waals surface area contributed by atoms with Crippen molar-refractivity contribution in [2.75, 3.05) is 5.32 Å². The first-order chi connectivity index (χ1) is 16.0. The van der Waals surface area contributed by atoms with Crippen molar-refractivity contribution in [3.05, 3.63) is 59.4 Å². The van der Waals surface area contributed by atoms with Crippen LogP contribution in [0.5, 0.6) is 0 Å². The molecule has 0 unspecified atom stereocenters. The Morgan fingerprint density at radius 2 is 1.85 bits per heavy atom. The monoisotopic (exact) mass is 454 g/mol. The second kappa shape index (κ2) is 7.64. The highest BCUT2D eigenvalue weighted by atomic mass is 19.2. The Balaban J connectivity index is 0.00000241. The molecule has 176 valence electrons. The summed E-state index contributed by atoms with van der Waals surface area (Å²) in [5.41, 5.74) is 2.07. The zero-order valence-electron chi connectivity index (χ0n) is 19.0. The number of hydrogen-bond acceptors (Lipinski definition) is 4. The van der Waals surface area contributed by atoms with Gasteiger partial charge in [0, 0.05) is 31.2 Å². The van der Waals surface area contributed by atoms with Crippen LogP contribution in [0, 0.1) is 18.6 Å². The van der Waals surface area contributed by atoms with Gasteiger partial charge in [0.15, 0.2) is 11.6 Å². The summed E-state index contributed by atoms with van der Waals surface area (Å²) >= 11 is 0. The highest BCUT2D eigenvalue weighted by molar-refractivity contribution is 5.35. The molecule has 7 rings (SSSR count). The Kier molecular flexibility index (Phi) is 4.82. The van der Waals surface area contributed by atoms with E-state index in [4.69, 9.17) is 10.1 Å². The molecule has 0 radical (unpaired) electrons. The van der Waals surface area contributed by atoms with Crippen LogP contribution >= 0.6 is 0 Å². The molecule has 4 aliphatic rings. The highest BCUT2D eigenvalue weighted by Crippen LogP contribution is 2.52. The van der Waals surface area contributed by atoms with Crippen LogP contribution in [0.25, 0.3) is 0 Å². The Morgan fingerprint density at radius 3 is 2.55 bits per heavy atom. The lowest BCUT2D eigenvalue weighted by molar-refractivity contribution is 0.0638. The Hall–Kier alpha value is -2.77. The lowest BCUT2D eigenvalue weighted by Gasteiger charge is -2.54. The predicted molar refractivity (Wildman–Crippen MR) is 123 cm³/mol. The average molecular weight is 455 g/mol. The molecule has 8 heteroatoms. The minimum atomic E-state index is -0.813. The second-order valence-corrected chi connectivity index (χ2v) is 10.3. The van der Waals surface area contributed by atoms with Gasteiger partial charge in [-0.1, -0.05) is 12.5 Å². The van der Waals surface area contributed by atoms with Crippen molar-refractivity contribution in [2.24, 2.45) is 0 Å². The maximum absolute atomic E-state index is 13.9. The van der Waals surface area contributed by atoms with Gasteiger partial charge < -0.3 is 9.88 Å². The van der Waals surface area contributed by atoms with Crippen molar-refractivity contribution in [1.29, 1.82) is 0 Å². The normalized spacial score (nSPS) is 29.0. The lowest BCUT2D eigenvalue weighted by Crippen LogP contribution is -2.54. The van der Waals surface area contributed by atoms with Crippen LogP contribution in [0.15, 0.2) is 30.7 Å². The molecule has 2 aromatic heterocycles. The van der Waals surface area contributed by atoms with Crippen molar-refractivity contribution in [1.82, 2.24) is 24.3 Å². The van der Waals surface area contributed by atoms with Crippen LogP contribution in [0.4, 0.5) is 14.7 Å². The summed E-state index contributed by atoms with van der Waals surface area (Å²) in [6.45, 7) is 2.85. The van der Waals surface area contributed by atoms with Crippen molar-refractivity contribution in [2.45, 2.75) is 88.3 Å². The van der Waals surface area contributed by atoms with Crippen molar-refractivity contribution in [3.8, 4) is 0 Å². The molecule has 0 spiro atoms. The molecule has 3 saturated carbocycles. The SMILES string of the molecule is Cc1cn(C23CCC(Nc4nc5n(n4)CCCC[C@H]5c4ccc(F)c(F)c4)(CC2)CC3)cn1.[HH]. The molecular formula is C25H32F2N6. The van der Waals surface area contributed by atoms with Crippen LogP contribution in [0.1, 0.15) is 82.2 Å². The van der Waals surface area contributed by atoms with Crippen molar-refractivity contribution < 1.29 is 10.2 Å². The van der Waals surface area contributed by atoms with E-state index in [-0.39, 0.29) is 18.4 Å². The van der Waals surface area contributed by atoms with Crippen LogP contribution in [-0.4, -0.2) is 29.9 Å². The van der Waals surface area contributed by atoms with E-state index in [2.05, 4.69) is 21.1 Å². The summed E-state index contributed by atoms with van der Waals surface area (Å²) < 4.78 is 31.8. The number of hydrogen-bond donors (Lipinski definition) is 1. The molecule has 3 heterocycles. The predicted octanol–water partition coefficient (Wildman–Crippen LogP) is 5.54. The quantitative estimate of drug-likeness (QED) is 0.563. The summed E-state index contributed by atoms with van der Waals surface area (Å²) in [6, 6.07) is 4.21. The minimum Gasteiger partial charge on any atom is -0.347 e. The van der Waals surface area contributed by atoms with E-state index in [1.54, 1.807) is 6.07 Å². The molecule has 0 saturated heterocycles. The smallest absolute Gasteiger partial charge is 0.242 e. The summed E-state index contributed by atoms with van der Waals surface area (Å²) in [6.07, 6.45) is 13.7. The van der Waals surface area contributed by atoms with Gasteiger partial charge in [-0.15, -0.1) is 5.10 Å². The molecule has 1 aliphatic heterocycles. The number of imidazole rings is 1. The number of nitrogens with one attached hydrogen (secondary N) is 1. The van der Waals surface area contributed by atoms with Crippen molar-refractivity contribution in [3.63, 3.8) is 0 Å². The first-order valence-electron chi connectivity index (χ1n) is 12.1. The number of aromatic nitrogens is 5. The van der Waals surface area contributed by atoms with E-state index < -0.39 is 11.6 Å². The topological polar surface area (TPSA) is 60.6 Å². The third kappa shape index (κ3) is 3.54. The average Bonchev–Trinajstić information content (AvgIpc) is 3.38. The highest BCUT2D eigenvalue weighted by Gasteiger charge is 2.50.